The third-order valence-electron chi connectivity index (χ3n) is 4.64. The molecule has 1 radical (unpaired) electrons. The van der Waals surface area contributed by atoms with E-state index in [1.807, 2.05) is 24.3 Å². The fraction of sp³-hybridized carbons (Fsp3) is 0.368. The van der Waals surface area contributed by atoms with Gasteiger partial charge in [0.2, 0.25) is 0 Å². The predicted molar refractivity (Wildman–Crippen MR) is 86.6 cm³/mol. The molecule has 1 heterocycles. The summed E-state index contributed by atoms with van der Waals surface area (Å²) in [7, 11) is 1.74. The number of piperidine rings is 1. The second-order valence-electron chi connectivity index (χ2n) is 5.90. The van der Waals surface area contributed by atoms with Gasteiger partial charge in [0.15, 0.2) is 0 Å². The number of methoxy groups -OCH3 is 1. The normalized spacial score (nSPS) is 17.5. The zero-order valence-corrected chi connectivity index (χ0v) is 12.9. The second-order valence-corrected chi connectivity index (χ2v) is 5.90. The van der Waals surface area contributed by atoms with Crippen molar-refractivity contribution in [3.63, 3.8) is 0 Å². The van der Waals surface area contributed by atoms with Crippen molar-refractivity contribution in [2.75, 3.05) is 25.1 Å². The molecule has 0 saturated carbocycles. The molecule has 1 aliphatic rings. The molecule has 1 fully saturated rings. The first-order valence-electron chi connectivity index (χ1n) is 7.72. The highest BCUT2D eigenvalue weighted by atomic mass is 19.1. The maximum atomic E-state index is 13.9. The van der Waals surface area contributed by atoms with E-state index in [9.17, 15) is 4.39 Å². The van der Waals surface area contributed by atoms with Crippen molar-refractivity contribution in [2.45, 2.75) is 24.9 Å². The average molecular weight is 298 g/mol. The number of benzene rings is 2. The largest absolute Gasteiger partial charge is 0.378 e. The molecule has 0 aliphatic carbocycles. The van der Waals surface area contributed by atoms with Gasteiger partial charge in [0, 0.05) is 32.3 Å². The molecule has 0 aromatic heterocycles. The van der Waals surface area contributed by atoms with E-state index in [1.54, 1.807) is 13.2 Å². The number of halogens is 1. The van der Waals surface area contributed by atoms with E-state index in [0.717, 1.165) is 31.5 Å². The lowest BCUT2D eigenvalue weighted by molar-refractivity contribution is -0.0295. The van der Waals surface area contributed by atoms with Crippen molar-refractivity contribution in [3.8, 4) is 0 Å². The monoisotopic (exact) mass is 298 g/mol. The number of anilines is 1. The molecule has 1 saturated heterocycles. The van der Waals surface area contributed by atoms with Crippen molar-refractivity contribution >= 4 is 5.69 Å². The van der Waals surface area contributed by atoms with Crippen LogP contribution in [0.1, 0.15) is 18.4 Å². The van der Waals surface area contributed by atoms with Gasteiger partial charge in [-0.15, -0.1) is 0 Å². The van der Waals surface area contributed by atoms with E-state index >= 15 is 0 Å². The minimum absolute atomic E-state index is 0.139. The molecule has 0 unspecified atom stereocenters. The van der Waals surface area contributed by atoms with Crippen LogP contribution in [-0.4, -0.2) is 25.8 Å². The summed E-state index contributed by atoms with van der Waals surface area (Å²) in [5, 5.41) is 0. The highest BCUT2D eigenvalue weighted by molar-refractivity contribution is 5.46. The van der Waals surface area contributed by atoms with E-state index in [2.05, 4.69) is 23.1 Å². The van der Waals surface area contributed by atoms with Crippen LogP contribution in [0, 0.1) is 11.9 Å². The highest BCUT2D eigenvalue weighted by Gasteiger charge is 2.35. The SMILES string of the molecule is COC1(Cc2ccccc2F)CCN(c2cc[c]cc2)CC1. The fourth-order valence-electron chi connectivity index (χ4n) is 3.20. The fourth-order valence-corrected chi connectivity index (χ4v) is 3.20. The third-order valence-corrected chi connectivity index (χ3v) is 4.64. The second kappa shape index (κ2) is 6.49. The molecule has 0 spiro atoms. The zero-order chi connectivity index (χ0) is 15.4. The van der Waals surface area contributed by atoms with E-state index in [4.69, 9.17) is 4.74 Å². The van der Waals surface area contributed by atoms with Crippen molar-refractivity contribution in [3.05, 3.63) is 66.0 Å². The summed E-state index contributed by atoms with van der Waals surface area (Å²) >= 11 is 0. The predicted octanol–water partition coefficient (Wildman–Crippen LogP) is 3.85. The first-order chi connectivity index (χ1) is 10.7. The Hall–Kier alpha value is -1.87. The highest BCUT2D eigenvalue weighted by Crippen LogP contribution is 2.32. The van der Waals surface area contributed by atoms with Crippen LogP contribution in [0.4, 0.5) is 10.1 Å². The Bertz CT molecular complexity index is 606. The summed E-state index contributed by atoms with van der Waals surface area (Å²) in [5.41, 5.74) is 1.70. The van der Waals surface area contributed by atoms with E-state index in [1.165, 1.54) is 11.8 Å². The molecule has 2 nitrogen and oxygen atoms in total. The van der Waals surface area contributed by atoms with Crippen LogP contribution >= 0.6 is 0 Å². The molecular formula is C19H21FNO. The van der Waals surface area contributed by atoms with Gasteiger partial charge in [0.25, 0.3) is 0 Å². The summed E-state index contributed by atoms with van der Waals surface area (Å²) in [6.45, 7) is 1.85. The lowest BCUT2D eigenvalue weighted by Gasteiger charge is -2.42. The summed E-state index contributed by atoms with van der Waals surface area (Å²) in [4.78, 5) is 2.35. The van der Waals surface area contributed by atoms with E-state index in [0.29, 0.717) is 6.42 Å². The first-order valence-corrected chi connectivity index (χ1v) is 7.72. The minimum Gasteiger partial charge on any atom is -0.378 e. The molecule has 1 aliphatic heterocycles. The molecule has 0 bridgehead atoms. The topological polar surface area (TPSA) is 12.5 Å². The Morgan fingerprint density at radius 1 is 1.14 bits per heavy atom. The Kier molecular flexibility index (Phi) is 4.44. The third kappa shape index (κ3) is 3.14. The van der Waals surface area contributed by atoms with Gasteiger partial charge in [-0.3, -0.25) is 0 Å². The first kappa shape index (κ1) is 15.0. The molecule has 0 N–H and O–H groups in total. The lowest BCUT2D eigenvalue weighted by atomic mass is 9.84. The average Bonchev–Trinajstić information content (AvgIpc) is 2.58. The van der Waals surface area contributed by atoms with Gasteiger partial charge in [-0.05, 0) is 42.7 Å². The smallest absolute Gasteiger partial charge is 0.126 e. The van der Waals surface area contributed by atoms with Crippen LogP contribution in [0.3, 0.4) is 0 Å². The maximum absolute atomic E-state index is 13.9. The summed E-state index contributed by atoms with van der Waals surface area (Å²) in [6, 6.07) is 18.1. The molecule has 22 heavy (non-hydrogen) atoms. The molecule has 0 atom stereocenters. The summed E-state index contributed by atoms with van der Waals surface area (Å²) in [6.07, 6.45) is 2.43. The number of nitrogens with zero attached hydrogens (tertiary/aromatic N) is 1. The Balaban J connectivity index is 1.70. The van der Waals surface area contributed by atoms with Crippen molar-refractivity contribution < 1.29 is 9.13 Å². The number of hydrogen-bond donors (Lipinski definition) is 0. The van der Waals surface area contributed by atoms with Gasteiger partial charge in [0.05, 0.1) is 5.60 Å². The molecule has 2 aromatic carbocycles. The van der Waals surface area contributed by atoms with Crippen LogP contribution in [0.5, 0.6) is 0 Å². The van der Waals surface area contributed by atoms with Crippen molar-refractivity contribution in [1.29, 1.82) is 0 Å². The summed E-state index contributed by atoms with van der Waals surface area (Å²) in [5.74, 6) is -0.139. The van der Waals surface area contributed by atoms with Crippen LogP contribution in [0.25, 0.3) is 0 Å². The molecule has 3 heteroatoms. The Labute approximate surface area is 131 Å². The number of ether oxygens (including phenoxy) is 1. The Morgan fingerprint density at radius 3 is 2.45 bits per heavy atom. The molecule has 0 amide bonds. The number of rotatable bonds is 4. The van der Waals surface area contributed by atoms with Gasteiger partial charge in [-0.2, -0.15) is 0 Å². The van der Waals surface area contributed by atoms with Gasteiger partial charge >= 0.3 is 0 Å². The Morgan fingerprint density at radius 2 is 1.82 bits per heavy atom. The molecule has 2 aromatic rings. The van der Waals surface area contributed by atoms with E-state index < -0.39 is 0 Å². The van der Waals surface area contributed by atoms with Crippen LogP contribution in [-0.2, 0) is 11.2 Å². The molecule has 3 rings (SSSR count). The quantitative estimate of drug-likeness (QED) is 0.850. The maximum Gasteiger partial charge on any atom is 0.126 e. The van der Waals surface area contributed by atoms with Crippen molar-refractivity contribution in [2.24, 2.45) is 0 Å². The zero-order valence-electron chi connectivity index (χ0n) is 12.9. The number of hydrogen-bond acceptors (Lipinski definition) is 2. The van der Waals surface area contributed by atoms with Gasteiger partial charge in [-0.25, -0.2) is 4.39 Å². The van der Waals surface area contributed by atoms with Gasteiger partial charge in [-0.1, -0.05) is 30.3 Å². The minimum atomic E-state index is -0.264. The molecular weight excluding hydrogens is 277 g/mol. The lowest BCUT2D eigenvalue weighted by Crippen LogP contribution is -2.47. The van der Waals surface area contributed by atoms with Crippen LogP contribution in [0.15, 0.2) is 48.5 Å². The van der Waals surface area contributed by atoms with Gasteiger partial charge in [0.1, 0.15) is 5.82 Å². The summed E-state index contributed by atoms with van der Waals surface area (Å²) < 4.78 is 19.7. The van der Waals surface area contributed by atoms with E-state index in [-0.39, 0.29) is 11.4 Å². The van der Waals surface area contributed by atoms with Crippen LogP contribution in [0.2, 0.25) is 0 Å². The molecule has 115 valence electrons. The van der Waals surface area contributed by atoms with Crippen molar-refractivity contribution in [1.82, 2.24) is 0 Å². The standard InChI is InChI=1S/C19H21FNO/c1-22-19(15-16-7-5-6-10-18(16)20)11-13-21(14-12-19)17-8-3-2-4-9-17/h3-10H,11-15H2,1H3. The van der Waals surface area contributed by atoms with Gasteiger partial charge < -0.3 is 9.64 Å². The van der Waals surface area contributed by atoms with Crippen LogP contribution < -0.4 is 4.90 Å².